The molecule has 0 aromatic heterocycles. The van der Waals surface area contributed by atoms with Gasteiger partial charge in [-0.1, -0.05) is 29.6 Å². The first kappa shape index (κ1) is 15.5. The molecule has 1 saturated carbocycles. The fourth-order valence-corrected chi connectivity index (χ4v) is 3.97. The SMILES string of the molecule is O=C([O-])C1Nc2cc(Cl)cc(Cl)c2C2CCCC12.[Na+]. The van der Waals surface area contributed by atoms with E-state index in [1.54, 1.807) is 12.1 Å². The maximum absolute atomic E-state index is 11.2. The number of nitrogens with one attached hydrogen (secondary N) is 1. The molecule has 6 heteroatoms. The molecular formula is C13H12Cl2NNaO2. The number of halogens is 2. The molecule has 3 nitrogen and oxygen atoms in total. The molecule has 1 aromatic carbocycles. The number of fused-ring (bicyclic) bond motifs is 3. The largest absolute Gasteiger partial charge is 1.00 e. The van der Waals surface area contributed by atoms with Crippen LogP contribution < -0.4 is 40.0 Å². The van der Waals surface area contributed by atoms with Crippen LogP contribution in [-0.4, -0.2) is 12.0 Å². The molecule has 1 aliphatic heterocycles. The number of carboxylic acids is 1. The van der Waals surface area contributed by atoms with E-state index in [4.69, 9.17) is 23.2 Å². The summed E-state index contributed by atoms with van der Waals surface area (Å²) in [5, 5.41) is 15.4. The Kier molecular flexibility index (Phi) is 4.74. The zero-order valence-electron chi connectivity index (χ0n) is 10.6. The minimum atomic E-state index is -1.05. The number of carbonyl (C=O) groups excluding carboxylic acids is 1. The van der Waals surface area contributed by atoms with Crippen molar-refractivity contribution in [2.75, 3.05) is 5.32 Å². The first-order valence-electron chi connectivity index (χ1n) is 6.04. The van der Waals surface area contributed by atoms with E-state index in [0.717, 1.165) is 30.5 Å². The van der Waals surface area contributed by atoms with Gasteiger partial charge in [-0.2, -0.15) is 0 Å². The zero-order chi connectivity index (χ0) is 12.9. The Hall–Kier alpha value is 0.0700. The second-order valence-electron chi connectivity index (χ2n) is 4.99. The molecule has 1 aliphatic carbocycles. The van der Waals surface area contributed by atoms with Crippen LogP contribution in [-0.2, 0) is 4.79 Å². The summed E-state index contributed by atoms with van der Waals surface area (Å²) in [5.74, 6) is -0.774. The smallest absolute Gasteiger partial charge is 0.548 e. The molecule has 0 amide bonds. The summed E-state index contributed by atoms with van der Waals surface area (Å²) in [6, 6.07) is 2.82. The third-order valence-electron chi connectivity index (χ3n) is 4.03. The van der Waals surface area contributed by atoms with E-state index in [-0.39, 0.29) is 41.4 Å². The second-order valence-corrected chi connectivity index (χ2v) is 5.83. The minimum absolute atomic E-state index is 0. The van der Waals surface area contributed by atoms with Crippen molar-refractivity contribution in [2.45, 2.75) is 31.2 Å². The molecule has 1 N–H and O–H groups in total. The summed E-state index contributed by atoms with van der Waals surface area (Å²) in [4.78, 5) is 11.2. The van der Waals surface area contributed by atoms with Gasteiger partial charge in [-0.3, -0.25) is 0 Å². The Morgan fingerprint density at radius 1 is 1.32 bits per heavy atom. The summed E-state index contributed by atoms with van der Waals surface area (Å²) in [7, 11) is 0. The number of carboxylic acid groups (broad SMARTS) is 1. The van der Waals surface area contributed by atoms with E-state index in [2.05, 4.69) is 5.32 Å². The van der Waals surface area contributed by atoms with E-state index < -0.39 is 12.0 Å². The first-order chi connectivity index (χ1) is 8.58. The van der Waals surface area contributed by atoms with Crippen molar-refractivity contribution in [1.29, 1.82) is 0 Å². The van der Waals surface area contributed by atoms with Crippen molar-refractivity contribution >= 4 is 34.9 Å². The van der Waals surface area contributed by atoms with Gasteiger partial charge in [0.2, 0.25) is 0 Å². The van der Waals surface area contributed by atoms with Crippen molar-refractivity contribution < 1.29 is 39.5 Å². The Morgan fingerprint density at radius 2 is 2.05 bits per heavy atom. The van der Waals surface area contributed by atoms with Gasteiger partial charge in [0.15, 0.2) is 0 Å². The van der Waals surface area contributed by atoms with Gasteiger partial charge in [-0.15, -0.1) is 0 Å². The van der Waals surface area contributed by atoms with Crippen LogP contribution in [0.25, 0.3) is 0 Å². The van der Waals surface area contributed by atoms with Gasteiger partial charge >= 0.3 is 29.6 Å². The molecular weight excluding hydrogens is 296 g/mol. The molecule has 0 bridgehead atoms. The van der Waals surface area contributed by atoms with Crippen LogP contribution in [0, 0.1) is 5.92 Å². The monoisotopic (exact) mass is 307 g/mol. The van der Waals surface area contributed by atoms with Crippen LogP contribution in [0.3, 0.4) is 0 Å². The maximum Gasteiger partial charge on any atom is 1.00 e. The Balaban J connectivity index is 0.00000133. The summed E-state index contributed by atoms with van der Waals surface area (Å²) in [6.07, 6.45) is 2.90. The Labute approximate surface area is 143 Å². The number of rotatable bonds is 1. The normalized spacial score (nSPS) is 27.8. The Bertz CT molecular complexity index is 524. The average molecular weight is 308 g/mol. The molecule has 3 atom stereocenters. The van der Waals surface area contributed by atoms with Crippen LogP contribution in [0.1, 0.15) is 30.7 Å². The minimum Gasteiger partial charge on any atom is -0.548 e. The van der Waals surface area contributed by atoms with Crippen LogP contribution in [0.5, 0.6) is 0 Å². The van der Waals surface area contributed by atoms with Crippen molar-refractivity contribution in [2.24, 2.45) is 5.92 Å². The summed E-state index contributed by atoms with van der Waals surface area (Å²) < 4.78 is 0. The first-order valence-corrected chi connectivity index (χ1v) is 6.80. The van der Waals surface area contributed by atoms with Gasteiger partial charge in [0.25, 0.3) is 0 Å². The number of aliphatic carboxylic acids is 1. The fourth-order valence-electron chi connectivity index (χ4n) is 3.34. The molecule has 1 fully saturated rings. The van der Waals surface area contributed by atoms with Gasteiger partial charge in [0.1, 0.15) is 0 Å². The molecule has 0 spiro atoms. The summed E-state index contributed by atoms with van der Waals surface area (Å²) >= 11 is 12.2. The van der Waals surface area contributed by atoms with E-state index in [0.29, 0.717) is 10.0 Å². The number of carbonyl (C=O) groups is 1. The fraction of sp³-hybridized carbons (Fsp3) is 0.462. The van der Waals surface area contributed by atoms with Crippen molar-refractivity contribution in [3.8, 4) is 0 Å². The van der Waals surface area contributed by atoms with E-state index >= 15 is 0 Å². The van der Waals surface area contributed by atoms with Crippen LogP contribution in [0.4, 0.5) is 5.69 Å². The average Bonchev–Trinajstić information content (AvgIpc) is 2.75. The predicted molar refractivity (Wildman–Crippen MR) is 69.0 cm³/mol. The number of hydrogen-bond acceptors (Lipinski definition) is 3. The molecule has 1 aromatic rings. The van der Waals surface area contributed by atoms with Crippen molar-refractivity contribution in [3.05, 3.63) is 27.7 Å². The quantitative estimate of drug-likeness (QED) is 0.707. The third-order valence-corrected chi connectivity index (χ3v) is 4.56. The summed E-state index contributed by atoms with van der Waals surface area (Å²) in [6.45, 7) is 0. The molecule has 2 aliphatic rings. The number of benzene rings is 1. The molecule has 19 heavy (non-hydrogen) atoms. The molecule has 0 radical (unpaired) electrons. The van der Waals surface area contributed by atoms with Crippen LogP contribution in [0.15, 0.2) is 12.1 Å². The molecule has 0 saturated heterocycles. The zero-order valence-corrected chi connectivity index (χ0v) is 14.1. The van der Waals surface area contributed by atoms with E-state index in [9.17, 15) is 9.90 Å². The molecule has 1 heterocycles. The molecule has 3 unspecified atom stereocenters. The molecule has 3 rings (SSSR count). The molecule has 96 valence electrons. The van der Waals surface area contributed by atoms with E-state index in [1.807, 2.05) is 0 Å². The van der Waals surface area contributed by atoms with Gasteiger partial charge in [0.05, 0.1) is 12.0 Å². The van der Waals surface area contributed by atoms with E-state index in [1.165, 1.54) is 0 Å². The predicted octanol–water partition coefficient (Wildman–Crippen LogP) is -0.575. The second kappa shape index (κ2) is 5.82. The summed E-state index contributed by atoms with van der Waals surface area (Å²) in [5.41, 5.74) is 1.76. The van der Waals surface area contributed by atoms with Gasteiger partial charge in [-0.05, 0) is 42.4 Å². The van der Waals surface area contributed by atoms with Gasteiger partial charge in [0, 0.05) is 15.7 Å². The van der Waals surface area contributed by atoms with Crippen LogP contribution in [0.2, 0.25) is 10.0 Å². The van der Waals surface area contributed by atoms with Gasteiger partial charge < -0.3 is 15.2 Å². The Morgan fingerprint density at radius 3 is 2.74 bits per heavy atom. The topological polar surface area (TPSA) is 52.2 Å². The maximum atomic E-state index is 11.2. The standard InChI is InChI=1S/C13H13Cl2NO2.Na/c14-6-4-9(15)11-7-2-1-3-8(7)12(13(17)18)16-10(11)5-6;/h4-5,7-8,12,16H,1-3H2,(H,17,18);/q;+1/p-1. The van der Waals surface area contributed by atoms with Crippen molar-refractivity contribution in [3.63, 3.8) is 0 Å². The van der Waals surface area contributed by atoms with Crippen LogP contribution >= 0.6 is 23.2 Å². The number of anilines is 1. The number of hydrogen-bond donors (Lipinski definition) is 1. The van der Waals surface area contributed by atoms with Gasteiger partial charge in [-0.25, -0.2) is 0 Å². The third kappa shape index (κ3) is 2.64. The van der Waals surface area contributed by atoms with Crippen molar-refractivity contribution in [1.82, 2.24) is 0 Å².